The maximum Gasteiger partial charge on any atom is 0.188 e. The summed E-state index contributed by atoms with van der Waals surface area (Å²) in [4.78, 5) is 11.1. The van der Waals surface area contributed by atoms with E-state index in [1.165, 1.54) is 11.1 Å². The average molecular weight is 162 g/mol. The number of rotatable bonds is 2. The van der Waals surface area contributed by atoms with Crippen LogP contribution in [0.1, 0.15) is 21.5 Å². The third-order valence-electron chi connectivity index (χ3n) is 2.34. The highest BCUT2D eigenvalue weighted by atomic mass is 16.3. The van der Waals surface area contributed by atoms with Crippen molar-refractivity contribution in [3.8, 4) is 0 Å². The SMILES string of the molecule is O=C(CO)c1ccc2c(c1)CC2. The van der Waals surface area contributed by atoms with Crippen LogP contribution in [-0.4, -0.2) is 17.5 Å². The average Bonchev–Trinajstić information content (AvgIpc) is 2.06. The Hall–Kier alpha value is -1.15. The Labute approximate surface area is 70.8 Å². The summed E-state index contributed by atoms with van der Waals surface area (Å²) in [6.07, 6.45) is 2.20. The number of aliphatic hydroxyl groups excluding tert-OH is 1. The van der Waals surface area contributed by atoms with E-state index in [9.17, 15) is 4.79 Å². The zero-order valence-electron chi connectivity index (χ0n) is 6.71. The lowest BCUT2D eigenvalue weighted by Gasteiger charge is -2.18. The number of hydrogen-bond donors (Lipinski definition) is 1. The summed E-state index contributed by atoms with van der Waals surface area (Å²) in [6.45, 7) is -0.390. The fourth-order valence-electron chi connectivity index (χ4n) is 1.46. The van der Waals surface area contributed by atoms with E-state index in [4.69, 9.17) is 5.11 Å². The van der Waals surface area contributed by atoms with Crippen LogP contribution in [0.5, 0.6) is 0 Å². The van der Waals surface area contributed by atoms with Gasteiger partial charge >= 0.3 is 0 Å². The number of carbonyl (C=O) groups is 1. The molecule has 2 rings (SSSR count). The van der Waals surface area contributed by atoms with Crippen molar-refractivity contribution in [2.45, 2.75) is 12.8 Å². The highest BCUT2D eigenvalue weighted by Gasteiger charge is 2.14. The van der Waals surface area contributed by atoms with E-state index in [0.29, 0.717) is 5.56 Å². The number of carbonyl (C=O) groups excluding carboxylic acids is 1. The zero-order chi connectivity index (χ0) is 8.55. The van der Waals surface area contributed by atoms with E-state index < -0.39 is 6.61 Å². The molecule has 0 radical (unpaired) electrons. The van der Waals surface area contributed by atoms with Gasteiger partial charge in [0.25, 0.3) is 0 Å². The van der Waals surface area contributed by atoms with Gasteiger partial charge in [0.05, 0.1) is 0 Å². The first-order valence-electron chi connectivity index (χ1n) is 4.07. The minimum Gasteiger partial charge on any atom is -0.388 e. The molecule has 2 heteroatoms. The van der Waals surface area contributed by atoms with E-state index in [2.05, 4.69) is 0 Å². The van der Waals surface area contributed by atoms with Crippen molar-refractivity contribution in [3.63, 3.8) is 0 Å². The number of Topliss-reactive ketones (excluding diaryl/α,β-unsaturated/α-hetero) is 1. The standard InChI is InChI=1S/C10H10O2/c11-6-10(12)9-4-2-7-1-3-8(7)5-9/h2,4-5,11H,1,3,6H2. The van der Waals surface area contributed by atoms with Crippen molar-refractivity contribution in [2.75, 3.05) is 6.61 Å². The van der Waals surface area contributed by atoms with Crippen LogP contribution in [0.25, 0.3) is 0 Å². The molecule has 0 aliphatic heterocycles. The lowest BCUT2D eigenvalue weighted by molar-refractivity contribution is 0.0903. The van der Waals surface area contributed by atoms with E-state index in [1.807, 2.05) is 12.1 Å². The molecule has 0 saturated heterocycles. The Bertz CT molecular complexity index is 329. The molecule has 0 heterocycles. The van der Waals surface area contributed by atoms with Crippen molar-refractivity contribution < 1.29 is 9.90 Å². The van der Waals surface area contributed by atoms with Crippen LogP contribution >= 0.6 is 0 Å². The third-order valence-corrected chi connectivity index (χ3v) is 2.34. The summed E-state index contributed by atoms with van der Waals surface area (Å²) in [6, 6.07) is 5.65. The summed E-state index contributed by atoms with van der Waals surface area (Å²) in [7, 11) is 0. The molecular weight excluding hydrogens is 152 g/mol. The van der Waals surface area contributed by atoms with Crippen LogP contribution in [0, 0.1) is 0 Å². The lowest BCUT2D eigenvalue weighted by atomic mass is 9.87. The molecule has 1 aliphatic carbocycles. The van der Waals surface area contributed by atoms with Gasteiger partial charge in [-0.15, -0.1) is 0 Å². The quantitative estimate of drug-likeness (QED) is 0.658. The number of fused-ring (bicyclic) bond motifs is 1. The highest BCUT2D eigenvalue weighted by Crippen LogP contribution is 2.23. The van der Waals surface area contributed by atoms with Crippen molar-refractivity contribution >= 4 is 5.78 Å². The van der Waals surface area contributed by atoms with Crippen LogP contribution in [-0.2, 0) is 12.8 Å². The largest absolute Gasteiger partial charge is 0.388 e. The van der Waals surface area contributed by atoms with Crippen molar-refractivity contribution in [2.24, 2.45) is 0 Å². The molecule has 2 nitrogen and oxygen atoms in total. The van der Waals surface area contributed by atoms with Gasteiger partial charge in [-0.2, -0.15) is 0 Å². The van der Waals surface area contributed by atoms with Gasteiger partial charge in [0.15, 0.2) is 5.78 Å². The summed E-state index contributed by atoms with van der Waals surface area (Å²) in [5.74, 6) is -0.190. The molecule has 0 saturated carbocycles. The molecular formula is C10H10O2. The second-order valence-electron chi connectivity index (χ2n) is 3.06. The van der Waals surface area contributed by atoms with Gasteiger partial charge in [-0.25, -0.2) is 0 Å². The first-order chi connectivity index (χ1) is 5.81. The maximum absolute atomic E-state index is 11.1. The van der Waals surface area contributed by atoms with Crippen LogP contribution < -0.4 is 0 Å². The normalized spacial score (nSPS) is 13.4. The van der Waals surface area contributed by atoms with E-state index in [0.717, 1.165) is 12.8 Å². The van der Waals surface area contributed by atoms with Crippen LogP contribution in [0.15, 0.2) is 18.2 Å². The molecule has 0 fully saturated rings. The number of aliphatic hydroxyl groups is 1. The first-order valence-corrected chi connectivity index (χ1v) is 4.07. The topological polar surface area (TPSA) is 37.3 Å². The molecule has 0 atom stereocenters. The molecule has 0 bridgehead atoms. The Morgan fingerprint density at radius 3 is 2.58 bits per heavy atom. The molecule has 62 valence electrons. The summed E-state index contributed by atoms with van der Waals surface area (Å²) < 4.78 is 0. The third kappa shape index (κ3) is 1.04. The molecule has 1 aliphatic rings. The van der Waals surface area contributed by atoms with E-state index in [-0.39, 0.29) is 5.78 Å². The summed E-state index contributed by atoms with van der Waals surface area (Å²) in [5, 5.41) is 8.62. The van der Waals surface area contributed by atoms with Crippen molar-refractivity contribution in [1.29, 1.82) is 0 Å². The maximum atomic E-state index is 11.1. The minimum absolute atomic E-state index is 0.190. The Kier molecular flexibility index (Phi) is 1.70. The number of hydrogen-bond acceptors (Lipinski definition) is 2. The Balaban J connectivity index is 2.35. The molecule has 1 aromatic rings. The molecule has 1 aromatic carbocycles. The predicted octanol–water partition coefficient (Wildman–Crippen LogP) is 0.960. The fraction of sp³-hybridized carbons (Fsp3) is 0.300. The summed E-state index contributed by atoms with van der Waals surface area (Å²) in [5.41, 5.74) is 3.23. The van der Waals surface area contributed by atoms with Crippen LogP contribution in [0.4, 0.5) is 0 Å². The van der Waals surface area contributed by atoms with Crippen molar-refractivity contribution in [3.05, 3.63) is 34.9 Å². The fourth-order valence-corrected chi connectivity index (χ4v) is 1.46. The van der Waals surface area contributed by atoms with Gasteiger partial charge in [0.1, 0.15) is 6.61 Å². The van der Waals surface area contributed by atoms with Crippen LogP contribution in [0.3, 0.4) is 0 Å². The van der Waals surface area contributed by atoms with Gasteiger partial charge in [0, 0.05) is 5.56 Å². The zero-order valence-corrected chi connectivity index (χ0v) is 6.71. The molecule has 1 N–H and O–H groups in total. The van der Waals surface area contributed by atoms with Gasteiger partial charge in [-0.1, -0.05) is 12.1 Å². The second-order valence-corrected chi connectivity index (χ2v) is 3.06. The molecule has 12 heavy (non-hydrogen) atoms. The van der Waals surface area contributed by atoms with Crippen LogP contribution in [0.2, 0.25) is 0 Å². The lowest BCUT2D eigenvalue weighted by Crippen LogP contribution is -2.11. The monoisotopic (exact) mass is 162 g/mol. The smallest absolute Gasteiger partial charge is 0.188 e. The van der Waals surface area contributed by atoms with Crippen molar-refractivity contribution in [1.82, 2.24) is 0 Å². The van der Waals surface area contributed by atoms with Gasteiger partial charge in [-0.3, -0.25) is 4.79 Å². The van der Waals surface area contributed by atoms with E-state index >= 15 is 0 Å². The Morgan fingerprint density at radius 2 is 2.08 bits per heavy atom. The molecule has 0 spiro atoms. The van der Waals surface area contributed by atoms with Gasteiger partial charge in [0.2, 0.25) is 0 Å². The first kappa shape index (κ1) is 7.50. The predicted molar refractivity (Wildman–Crippen MR) is 45.3 cm³/mol. The number of benzene rings is 1. The minimum atomic E-state index is -0.390. The Morgan fingerprint density at radius 1 is 1.33 bits per heavy atom. The number of ketones is 1. The van der Waals surface area contributed by atoms with Gasteiger partial charge in [-0.05, 0) is 30.0 Å². The number of aryl methyl sites for hydroxylation is 2. The molecule has 0 aromatic heterocycles. The molecule has 0 unspecified atom stereocenters. The van der Waals surface area contributed by atoms with Gasteiger partial charge < -0.3 is 5.11 Å². The second kappa shape index (κ2) is 2.72. The highest BCUT2D eigenvalue weighted by molar-refractivity contribution is 5.97. The summed E-state index contributed by atoms with van der Waals surface area (Å²) >= 11 is 0. The van der Waals surface area contributed by atoms with E-state index in [1.54, 1.807) is 6.07 Å². The molecule has 0 amide bonds.